The number of hydrogen-bond donors (Lipinski definition) is 0. The van der Waals surface area contributed by atoms with E-state index in [2.05, 4.69) is 12.0 Å². The Labute approximate surface area is 194 Å². The molecule has 0 amide bonds. The molecule has 0 radical (unpaired) electrons. The minimum absolute atomic E-state index is 0.335. The van der Waals surface area contributed by atoms with Gasteiger partial charge in [-0.25, -0.2) is 4.79 Å². The van der Waals surface area contributed by atoms with Gasteiger partial charge >= 0.3 is 5.97 Å². The molecule has 0 atom stereocenters. The lowest BCUT2D eigenvalue weighted by molar-refractivity contribution is 0.0526. The number of benzene rings is 2. The normalized spacial score (nSPS) is 11.2. The second-order valence-corrected chi connectivity index (χ2v) is 8.81. The predicted octanol–water partition coefficient (Wildman–Crippen LogP) is 6.87. The van der Waals surface area contributed by atoms with Crippen LogP contribution in [0.2, 0.25) is 10.2 Å². The summed E-state index contributed by atoms with van der Waals surface area (Å²) >= 11 is 14.7. The highest BCUT2D eigenvalue weighted by atomic mass is 35.5. The predicted molar refractivity (Wildman–Crippen MR) is 126 cm³/mol. The van der Waals surface area contributed by atoms with Crippen LogP contribution in [0.4, 0.5) is 0 Å². The molecule has 0 bridgehead atoms. The van der Waals surface area contributed by atoms with Gasteiger partial charge in [0.25, 0.3) is 0 Å². The zero-order valence-corrected chi connectivity index (χ0v) is 19.5. The topological polar surface area (TPSA) is 49.0 Å². The Morgan fingerprint density at radius 3 is 2.77 bits per heavy atom. The zero-order chi connectivity index (χ0) is 22.0. The number of rotatable bonds is 7. The molecule has 0 N–H and O–H groups in total. The smallest absolute Gasteiger partial charge is 0.338 e. The van der Waals surface area contributed by atoms with Gasteiger partial charge in [0.1, 0.15) is 5.15 Å². The van der Waals surface area contributed by atoms with Crippen molar-refractivity contribution in [3.8, 4) is 5.69 Å². The molecule has 4 aromatic rings. The molecule has 5 nitrogen and oxygen atoms in total. The van der Waals surface area contributed by atoms with Crippen molar-refractivity contribution in [2.24, 2.45) is 0 Å². The van der Waals surface area contributed by atoms with Gasteiger partial charge in [-0.15, -0.1) is 0 Å². The van der Waals surface area contributed by atoms with Crippen LogP contribution in [-0.4, -0.2) is 26.9 Å². The molecule has 0 saturated carbocycles. The minimum Gasteiger partial charge on any atom is -0.462 e. The summed E-state index contributed by atoms with van der Waals surface area (Å²) in [7, 11) is 0. The monoisotopic (exact) mass is 473 g/mol. The van der Waals surface area contributed by atoms with Gasteiger partial charge in [-0.05, 0) is 43.7 Å². The van der Waals surface area contributed by atoms with Crippen LogP contribution in [0.1, 0.15) is 30.6 Å². The van der Waals surface area contributed by atoms with Crippen LogP contribution in [0, 0.1) is 0 Å². The molecule has 0 fully saturated rings. The molecule has 2 aromatic heterocycles. The van der Waals surface area contributed by atoms with Crippen molar-refractivity contribution in [1.29, 1.82) is 0 Å². The number of carbonyl (C=O) groups excluding carboxylic acids is 1. The van der Waals surface area contributed by atoms with Crippen LogP contribution in [0.5, 0.6) is 0 Å². The van der Waals surface area contributed by atoms with Crippen molar-refractivity contribution < 1.29 is 9.53 Å². The fourth-order valence-electron chi connectivity index (χ4n) is 3.39. The van der Waals surface area contributed by atoms with Crippen LogP contribution in [0.25, 0.3) is 16.6 Å². The lowest BCUT2D eigenvalue weighted by atomic mass is 10.2. The zero-order valence-electron chi connectivity index (χ0n) is 17.1. The third-order valence-electron chi connectivity index (χ3n) is 4.72. The molecule has 0 aliphatic rings. The van der Waals surface area contributed by atoms with E-state index in [0.717, 1.165) is 39.3 Å². The molecular formula is C23H21Cl2N3O2S. The fourth-order valence-corrected chi connectivity index (χ4v) is 4.99. The summed E-state index contributed by atoms with van der Waals surface area (Å²) in [5.74, 6) is -0.339. The molecule has 160 valence electrons. The van der Waals surface area contributed by atoms with Crippen LogP contribution in [0.15, 0.2) is 64.6 Å². The van der Waals surface area contributed by atoms with Crippen molar-refractivity contribution in [2.45, 2.75) is 36.6 Å². The number of fused-ring (bicyclic) bond motifs is 1. The van der Waals surface area contributed by atoms with E-state index in [1.165, 1.54) is 11.8 Å². The Morgan fingerprint density at radius 2 is 2.00 bits per heavy atom. The van der Waals surface area contributed by atoms with Gasteiger partial charge in [-0.2, -0.15) is 5.10 Å². The number of carbonyl (C=O) groups is 1. The largest absolute Gasteiger partial charge is 0.462 e. The Morgan fingerprint density at radius 1 is 1.16 bits per heavy atom. The number of halogens is 2. The molecular weight excluding hydrogens is 453 g/mol. The van der Waals surface area contributed by atoms with Gasteiger partial charge in [0, 0.05) is 28.0 Å². The van der Waals surface area contributed by atoms with E-state index >= 15 is 0 Å². The number of aromatic nitrogens is 3. The molecule has 0 aliphatic heterocycles. The van der Waals surface area contributed by atoms with E-state index in [1.807, 2.05) is 51.8 Å². The molecule has 0 aliphatic carbocycles. The standard InChI is InChI=1S/C23H21Cl2N3O2S/c1-3-10-27-14-17(13-26-27)28-20-12-16(24)8-9-19(20)21(22(28)25)31-18-7-5-6-15(11-18)23(29)30-4-2/h5-9,11-14H,3-4,10H2,1-2H3. The van der Waals surface area contributed by atoms with E-state index in [9.17, 15) is 4.79 Å². The van der Waals surface area contributed by atoms with E-state index in [4.69, 9.17) is 27.9 Å². The molecule has 4 rings (SSSR count). The second-order valence-electron chi connectivity index (χ2n) is 6.93. The highest BCUT2D eigenvalue weighted by Crippen LogP contribution is 2.43. The highest BCUT2D eigenvalue weighted by molar-refractivity contribution is 7.99. The molecule has 0 saturated heterocycles. The molecule has 31 heavy (non-hydrogen) atoms. The number of ether oxygens (including phenoxy) is 1. The highest BCUT2D eigenvalue weighted by Gasteiger charge is 2.20. The first-order valence-electron chi connectivity index (χ1n) is 9.99. The van der Waals surface area contributed by atoms with Crippen LogP contribution < -0.4 is 0 Å². The quantitative estimate of drug-likeness (QED) is 0.274. The van der Waals surface area contributed by atoms with Crippen LogP contribution in [0.3, 0.4) is 0 Å². The summed E-state index contributed by atoms with van der Waals surface area (Å²) in [6, 6.07) is 13.1. The number of esters is 1. The summed E-state index contributed by atoms with van der Waals surface area (Å²) in [6.45, 7) is 5.07. The van der Waals surface area contributed by atoms with Gasteiger partial charge in [-0.3, -0.25) is 9.25 Å². The average Bonchev–Trinajstić information content (AvgIpc) is 3.31. The maximum Gasteiger partial charge on any atom is 0.338 e. The third kappa shape index (κ3) is 4.47. The average molecular weight is 474 g/mol. The summed E-state index contributed by atoms with van der Waals surface area (Å²) < 4.78 is 8.98. The van der Waals surface area contributed by atoms with Gasteiger partial charge < -0.3 is 4.74 Å². The fraction of sp³-hybridized carbons (Fsp3) is 0.217. The number of nitrogens with zero attached hydrogens (tertiary/aromatic N) is 3. The molecule has 2 aromatic carbocycles. The van der Waals surface area contributed by atoms with Gasteiger partial charge in [0.05, 0.1) is 34.5 Å². The van der Waals surface area contributed by atoms with Crippen molar-refractivity contribution >= 4 is 51.8 Å². The summed E-state index contributed by atoms with van der Waals surface area (Å²) in [5.41, 5.74) is 2.28. The second kappa shape index (κ2) is 9.39. The van der Waals surface area contributed by atoms with E-state index in [1.54, 1.807) is 19.2 Å². The lowest BCUT2D eigenvalue weighted by Crippen LogP contribution is -2.04. The third-order valence-corrected chi connectivity index (χ3v) is 6.54. The lowest BCUT2D eigenvalue weighted by Gasteiger charge is -2.06. The first kappa shape index (κ1) is 21.8. The van der Waals surface area contributed by atoms with E-state index in [-0.39, 0.29) is 5.97 Å². The van der Waals surface area contributed by atoms with Crippen molar-refractivity contribution in [3.05, 3.63) is 70.6 Å². The summed E-state index contributed by atoms with van der Waals surface area (Å²) in [5, 5.41) is 6.62. The maximum absolute atomic E-state index is 12.1. The Hall–Kier alpha value is -2.41. The SMILES string of the molecule is CCCn1cc(-n2c(Cl)c(Sc3cccc(C(=O)OCC)c3)c3ccc(Cl)cc32)cn1. The van der Waals surface area contributed by atoms with Crippen molar-refractivity contribution in [1.82, 2.24) is 14.3 Å². The molecule has 2 heterocycles. The van der Waals surface area contributed by atoms with Crippen molar-refractivity contribution in [3.63, 3.8) is 0 Å². The molecule has 8 heteroatoms. The van der Waals surface area contributed by atoms with E-state index in [0.29, 0.717) is 22.3 Å². The minimum atomic E-state index is -0.339. The summed E-state index contributed by atoms with van der Waals surface area (Å²) in [6.07, 6.45) is 4.77. The molecule has 0 unspecified atom stereocenters. The van der Waals surface area contributed by atoms with Crippen molar-refractivity contribution in [2.75, 3.05) is 6.61 Å². The first-order chi connectivity index (χ1) is 15.0. The van der Waals surface area contributed by atoms with Crippen LogP contribution >= 0.6 is 35.0 Å². The molecule has 0 spiro atoms. The Bertz CT molecular complexity index is 1250. The first-order valence-corrected chi connectivity index (χ1v) is 11.6. The summed E-state index contributed by atoms with van der Waals surface area (Å²) in [4.78, 5) is 13.9. The number of aryl methyl sites for hydroxylation is 1. The van der Waals surface area contributed by atoms with Gasteiger partial charge in [0.15, 0.2) is 0 Å². The Kier molecular flexibility index (Phi) is 6.60. The van der Waals surface area contributed by atoms with Gasteiger partial charge in [0.2, 0.25) is 0 Å². The van der Waals surface area contributed by atoms with E-state index < -0.39 is 0 Å². The van der Waals surface area contributed by atoms with Gasteiger partial charge in [-0.1, -0.05) is 54.0 Å². The van der Waals surface area contributed by atoms with Crippen LogP contribution in [-0.2, 0) is 11.3 Å². The Balaban J connectivity index is 1.79. The number of hydrogen-bond acceptors (Lipinski definition) is 4. The maximum atomic E-state index is 12.1.